The largest absolute Gasteiger partial charge is 0.395 e. The highest BCUT2D eigenvalue weighted by Crippen LogP contribution is 2.48. The Morgan fingerprint density at radius 2 is 2.06 bits per heavy atom. The van der Waals surface area contributed by atoms with Crippen LogP contribution in [0, 0.1) is 17.1 Å². The first-order chi connectivity index (χ1) is 15.1. The van der Waals surface area contributed by atoms with Crippen LogP contribution in [-0.4, -0.2) is 43.6 Å². The van der Waals surface area contributed by atoms with Crippen molar-refractivity contribution in [1.29, 1.82) is 5.26 Å². The van der Waals surface area contributed by atoms with Crippen LogP contribution in [0.3, 0.4) is 0 Å². The number of hydrogen-bond acceptors (Lipinski definition) is 8. The van der Waals surface area contributed by atoms with E-state index in [1.165, 1.54) is 31.7 Å². The number of thioether (sulfide) groups is 1. The van der Waals surface area contributed by atoms with Gasteiger partial charge in [-0.1, -0.05) is 11.8 Å². The Bertz CT molecular complexity index is 1230. The van der Waals surface area contributed by atoms with E-state index in [4.69, 9.17) is 11.0 Å². The van der Waals surface area contributed by atoms with Crippen molar-refractivity contribution in [2.75, 3.05) is 19.0 Å². The molecule has 1 atom stereocenters. The quantitative estimate of drug-likeness (QED) is 0.376. The summed E-state index contributed by atoms with van der Waals surface area (Å²) in [6.45, 7) is 0.0869. The molecule has 0 aliphatic rings. The minimum absolute atomic E-state index is 0.106. The molecule has 0 radical (unpaired) electrons. The second-order valence-corrected chi connectivity index (χ2v) is 8.40. The summed E-state index contributed by atoms with van der Waals surface area (Å²) in [7, 11) is 1.32. The van der Waals surface area contributed by atoms with Gasteiger partial charge in [-0.25, -0.2) is 19.3 Å². The molecule has 3 rings (SSSR count). The number of nitrogens with two attached hydrogens (primary N) is 1. The molecular weight excluding hydrogens is 443 g/mol. The number of halogens is 3. The molecule has 0 unspecified atom stereocenters. The van der Waals surface area contributed by atoms with E-state index in [0.29, 0.717) is 28.4 Å². The maximum atomic E-state index is 15.4. The van der Waals surface area contributed by atoms with Crippen molar-refractivity contribution in [3.05, 3.63) is 53.7 Å². The molecule has 12 heteroatoms. The Morgan fingerprint density at radius 1 is 1.31 bits per heavy atom. The van der Waals surface area contributed by atoms with Crippen LogP contribution in [0.15, 0.2) is 41.8 Å². The van der Waals surface area contributed by atoms with Crippen LogP contribution in [0.25, 0.3) is 11.0 Å². The zero-order chi connectivity index (χ0) is 23.5. The van der Waals surface area contributed by atoms with Crippen LogP contribution in [-0.2, 0) is 5.92 Å². The van der Waals surface area contributed by atoms with Gasteiger partial charge >= 0.3 is 0 Å². The fourth-order valence-corrected chi connectivity index (χ4v) is 3.69. The smallest absolute Gasteiger partial charge is 0.292 e. The predicted molar refractivity (Wildman–Crippen MR) is 116 cm³/mol. The maximum Gasteiger partial charge on any atom is 0.292 e. The summed E-state index contributed by atoms with van der Waals surface area (Å²) >= 11 is 0.456. The SMILES string of the molecule is CN=C(N)S[C@@](C)(CO)C(F)(F)c1cc(Nc2ncnc3cc(C#N)cnc23)ccc1F. The van der Waals surface area contributed by atoms with Gasteiger partial charge in [-0.05, 0) is 31.2 Å². The molecule has 1 aromatic carbocycles. The molecule has 8 nitrogen and oxygen atoms in total. The zero-order valence-corrected chi connectivity index (χ0v) is 17.8. The van der Waals surface area contributed by atoms with E-state index in [-0.39, 0.29) is 16.7 Å². The van der Waals surface area contributed by atoms with E-state index >= 15 is 8.78 Å². The first kappa shape index (κ1) is 23.2. The first-order valence-electron chi connectivity index (χ1n) is 9.13. The molecule has 0 fully saturated rings. The molecule has 3 aromatic rings. The number of aliphatic hydroxyl groups excluding tert-OH is 1. The lowest BCUT2D eigenvalue weighted by atomic mass is 9.95. The second kappa shape index (κ2) is 8.97. The summed E-state index contributed by atoms with van der Waals surface area (Å²) in [6, 6.07) is 6.53. The van der Waals surface area contributed by atoms with Crippen LogP contribution in [0.4, 0.5) is 24.7 Å². The van der Waals surface area contributed by atoms with Gasteiger partial charge in [0.2, 0.25) is 0 Å². The molecule has 2 aromatic heterocycles. The summed E-state index contributed by atoms with van der Waals surface area (Å²) in [5.74, 6) is -4.80. The molecule has 32 heavy (non-hydrogen) atoms. The number of nitriles is 1. The van der Waals surface area contributed by atoms with Crippen LogP contribution >= 0.6 is 11.8 Å². The van der Waals surface area contributed by atoms with E-state index in [1.54, 1.807) is 0 Å². The summed E-state index contributed by atoms with van der Waals surface area (Å²) in [5.41, 5.74) is 5.70. The molecule has 0 saturated heterocycles. The third kappa shape index (κ3) is 4.30. The zero-order valence-electron chi connectivity index (χ0n) is 17.0. The number of hydrogen-bond donors (Lipinski definition) is 3. The Kier molecular flexibility index (Phi) is 6.52. The lowest BCUT2D eigenvalue weighted by molar-refractivity contribution is -0.0588. The highest BCUT2D eigenvalue weighted by Gasteiger charge is 2.54. The van der Waals surface area contributed by atoms with Crippen molar-refractivity contribution in [2.24, 2.45) is 10.7 Å². The van der Waals surface area contributed by atoms with Gasteiger partial charge in [0.25, 0.3) is 5.92 Å². The lowest BCUT2D eigenvalue weighted by Crippen LogP contribution is -2.45. The number of nitrogens with one attached hydrogen (secondary N) is 1. The van der Waals surface area contributed by atoms with Gasteiger partial charge in [-0.2, -0.15) is 14.0 Å². The number of pyridine rings is 1. The fourth-order valence-electron chi connectivity index (χ4n) is 2.83. The number of aliphatic hydroxyl groups is 1. The molecule has 166 valence electrons. The van der Waals surface area contributed by atoms with Crippen LogP contribution in [0.2, 0.25) is 0 Å². The second-order valence-electron chi connectivity index (χ2n) is 6.87. The average molecular weight is 461 g/mol. The van der Waals surface area contributed by atoms with Crippen molar-refractivity contribution < 1.29 is 18.3 Å². The van der Waals surface area contributed by atoms with Crippen LogP contribution < -0.4 is 11.1 Å². The van der Waals surface area contributed by atoms with Crippen LogP contribution in [0.5, 0.6) is 0 Å². The summed E-state index contributed by atoms with van der Waals surface area (Å²) in [4.78, 5) is 15.9. The number of aromatic nitrogens is 3. The summed E-state index contributed by atoms with van der Waals surface area (Å²) in [5, 5.41) is 21.3. The normalized spacial score (nSPS) is 14.1. The number of benzene rings is 1. The summed E-state index contributed by atoms with van der Waals surface area (Å²) < 4.78 is 43.1. The Labute approximate surface area is 185 Å². The van der Waals surface area contributed by atoms with Gasteiger partial charge in [0, 0.05) is 18.9 Å². The fraction of sp³-hybridized carbons (Fsp3) is 0.250. The molecule has 0 aliphatic carbocycles. The van der Waals surface area contributed by atoms with Crippen LogP contribution in [0.1, 0.15) is 18.1 Å². The van der Waals surface area contributed by atoms with Crippen molar-refractivity contribution >= 4 is 39.5 Å². The van der Waals surface area contributed by atoms with Crippen molar-refractivity contribution in [3.63, 3.8) is 0 Å². The lowest BCUT2D eigenvalue weighted by Gasteiger charge is -2.35. The van der Waals surface area contributed by atoms with Gasteiger partial charge in [-0.15, -0.1) is 0 Å². The molecule has 4 N–H and O–H groups in total. The first-order valence-corrected chi connectivity index (χ1v) is 9.94. The molecule has 0 spiro atoms. The minimum atomic E-state index is -3.82. The number of fused-ring (bicyclic) bond motifs is 1. The molecular formula is C20H18F3N7OS. The monoisotopic (exact) mass is 461 g/mol. The van der Waals surface area contributed by atoms with Crippen molar-refractivity contribution in [1.82, 2.24) is 15.0 Å². The molecule has 0 bridgehead atoms. The van der Waals surface area contributed by atoms with Gasteiger partial charge in [-0.3, -0.25) is 4.99 Å². The van der Waals surface area contributed by atoms with E-state index in [2.05, 4.69) is 25.3 Å². The highest BCUT2D eigenvalue weighted by atomic mass is 32.2. The molecule has 0 amide bonds. The van der Waals surface area contributed by atoms with Gasteiger partial charge in [0.1, 0.15) is 28.5 Å². The Balaban J connectivity index is 2.03. The topological polar surface area (TPSA) is 133 Å². The minimum Gasteiger partial charge on any atom is -0.395 e. The third-order valence-corrected chi connectivity index (χ3v) is 5.92. The number of alkyl halides is 2. The van der Waals surface area contributed by atoms with E-state index in [9.17, 15) is 9.50 Å². The maximum absolute atomic E-state index is 15.4. The molecule has 0 saturated carbocycles. The molecule has 0 aliphatic heterocycles. The average Bonchev–Trinajstić information content (AvgIpc) is 2.79. The van der Waals surface area contributed by atoms with Crippen molar-refractivity contribution in [3.8, 4) is 6.07 Å². The standard InChI is InChI=1S/C20H18F3N7OS/c1-19(9-31,32-18(25)26-2)20(22,23)13-6-12(3-4-14(13)21)30-17-16-15(28-10-29-17)5-11(7-24)8-27-16/h3-6,8,10,31H,9H2,1-2H3,(H2,25,26)(H,28,29,30)/t19-/m0/s1. The predicted octanol–water partition coefficient (Wildman–Crippen LogP) is 3.30. The van der Waals surface area contributed by atoms with E-state index < -0.39 is 28.7 Å². The number of amidine groups is 1. The van der Waals surface area contributed by atoms with Gasteiger partial charge in [0.15, 0.2) is 11.0 Å². The summed E-state index contributed by atoms with van der Waals surface area (Å²) in [6.07, 6.45) is 2.55. The number of aliphatic imine (C=N–C) groups is 1. The number of rotatable bonds is 6. The highest BCUT2D eigenvalue weighted by molar-refractivity contribution is 8.15. The van der Waals surface area contributed by atoms with E-state index in [1.807, 2.05) is 6.07 Å². The van der Waals surface area contributed by atoms with Gasteiger partial charge < -0.3 is 16.2 Å². The van der Waals surface area contributed by atoms with Gasteiger partial charge in [0.05, 0.1) is 23.3 Å². The van der Waals surface area contributed by atoms with Crippen molar-refractivity contribution in [2.45, 2.75) is 17.6 Å². The Morgan fingerprint density at radius 3 is 2.72 bits per heavy atom. The number of nitrogens with zero attached hydrogens (tertiary/aromatic N) is 5. The number of anilines is 2. The Hall–Kier alpha value is -3.43. The third-order valence-electron chi connectivity index (χ3n) is 4.69. The van der Waals surface area contributed by atoms with E-state index in [0.717, 1.165) is 19.1 Å². The molecule has 2 heterocycles.